The van der Waals surface area contributed by atoms with Gasteiger partial charge in [-0.15, -0.1) is 11.3 Å². The van der Waals surface area contributed by atoms with E-state index in [2.05, 4.69) is 24.8 Å². The van der Waals surface area contributed by atoms with Gasteiger partial charge in [0.2, 0.25) is 11.8 Å². The first-order valence-electron chi connectivity index (χ1n) is 8.01. The predicted molar refractivity (Wildman–Crippen MR) is 95.3 cm³/mol. The van der Waals surface area contributed by atoms with Crippen LogP contribution in [0.25, 0.3) is 10.2 Å². The van der Waals surface area contributed by atoms with E-state index >= 15 is 0 Å². The lowest BCUT2D eigenvalue weighted by molar-refractivity contribution is 0.224. The summed E-state index contributed by atoms with van der Waals surface area (Å²) >= 11 is 1.60. The Balaban J connectivity index is 1.43. The first-order chi connectivity index (χ1) is 11.6. The van der Waals surface area contributed by atoms with Gasteiger partial charge in [-0.25, -0.2) is 9.97 Å². The van der Waals surface area contributed by atoms with Gasteiger partial charge in [0, 0.05) is 26.2 Å². The van der Waals surface area contributed by atoms with E-state index in [9.17, 15) is 0 Å². The molecule has 2 N–H and O–H groups in total. The number of hydrogen-bond acceptors (Lipinski definition) is 8. The van der Waals surface area contributed by atoms with E-state index < -0.39 is 0 Å². The van der Waals surface area contributed by atoms with Gasteiger partial charge in [-0.1, -0.05) is 0 Å². The highest BCUT2D eigenvalue weighted by atomic mass is 32.1. The molecule has 126 valence electrons. The number of thiophene rings is 1. The van der Waals surface area contributed by atoms with Crippen LogP contribution in [0.4, 0.5) is 11.8 Å². The fourth-order valence-corrected chi connectivity index (χ4v) is 3.68. The fourth-order valence-electron chi connectivity index (χ4n) is 2.91. The molecule has 1 saturated heterocycles. The number of aryl methyl sites for hydroxylation is 2. The Morgan fingerprint density at radius 1 is 1.17 bits per heavy atom. The predicted octanol–water partition coefficient (Wildman–Crippen LogP) is 2.20. The van der Waals surface area contributed by atoms with Crippen LogP contribution < -0.4 is 10.6 Å². The zero-order chi connectivity index (χ0) is 16.7. The van der Waals surface area contributed by atoms with E-state index in [0.29, 0.717) is 5.82 Å². The second kappa shape index (κ2) is 6.03. The van der Waals surface area contributed by atoms with Crippen LogP contribution in [0, 0.1) is 13.8 Å². The quantitative estimate of drug-likeness (QED) is 0.779. The van der Waals surface area contributed by atoms with Crippen molar-refractivity contribution in [2.24, 2.45) is 0 Å². The van der Waals surface area contributed by atoms with Crippen LogP contribution in [0.15, 0.2) is 15.9 Å². The van der Waals surface area contributed by atoms with E-state index in [1.54, 1.807) is 11.3 Å². The number of nitrogens with zero attached hydrogens (tertiary/aromatic N) is 5. The highest BCUT2D eigenvalue weighted by Crippen LogP contribution is 2.26. The van der Waals surface area contributed by atoms with Crippen LogP contribution in [-0.4, -0.2) is 46.0 Å². The van der Waals surface area contributed by atoms with Gasteiger partial charge >= 0.3 is 0 Å². The van der Waals surface area contributed by atoms with Gasteiger partial charge in [-0.3, -0.25) is 4.90 Å². The van der Waals surface area contributed by atoms with Crippen molar-refractivity contribution in [3.05, 3.63) is 28.8 Å². The van der Waals surface area contributed by atoms with Crippen molar-refractivity contribution in [3.8, 4) is 0 Å². The molecule has 0 saturated carbocycles. The van der Waals surface area contributed by atoms with Crippen molar-refractivity contribution in [2.45, 2.75) is 20.4 Å². The molecule has 0 radical (unpaired) electrons. The number of aromatic nitrogens is 3. The van der Waals surface area contributed by atoms with Crippen LogP contribution in [0.2, 0.25) is 0 Å². The Bertz CT molecular complexity index is 845. The summed E-state index contributed by atoms with van der Waals surface area (Å²) in [5.41, 5.74) is 7.02. The van der Waals surface area contributed by atoms with Gasteiger partial charge < -0.3 is 15.1 Å². The number of hydrogen-bond donors (Lipinski definition) is 1. The Kier molecular flexibility index (Phi) is 3.85. The number of nitrogens with two attached hydrogens (primary N) is 1. The summed E-state index contributed by atoms with van der Waals surface area (Å²) in [5, 5.41) is 2.94. The first kappa shape index (κ1) is 15.3. The molecule has 0 bridgehead atoms. The summed E-state index contributed by atoms with van der Waals surface area (Å²) < 4.78 is 5.68. The number of nitrogen functional groups attached to an aromatic ring is 1. The normalized spacial score (nSPS) is 16.2. The molecule has 0 aromatic carbocycles. The molecule has 7 nitrogen and oxygen atoms in total. The van der Waals surface area contributed by atoms with E-state index in [1.165, 1.54) is 0 Å². The highest BCUT2D eigenvalue weighted by Gasteiger charge is 2.21. The largest absolute Gasteiger partial charge is 0.444 e. The van der Waals surface area contributed by atoms with Gasteiger partial charge in [-0.05, 0) is 25.3 Å². The molecule has 24 heavy (non-hydrogen) atoms. The number of fused-ring (bicyclic) bond motifs is 1. The molecular formula is C16H20N6OS. The number of piperazine rings is 1. The maximum absolute atomic E-state index is 6.05. The first-order valence-corrected chi connectivity index (χ1v) is 8.89. The van der Waals surface area contributed by atoms with Crippen LogP contribution in [0.5, 0.6) is 0 Å². The zero-order valence-corrected chi connectivity index (χ0v) is 14.6. The molecular weight excluding hydrogens is 324 g/mol. The van der Waals surface area contributed by atoms with Crippen molar-refractivity contribution < 1.29 is 4.42 Å². The monoisotopic (exact) mass is 344 g/mol. The average Bonchev–Trinajstić information content (AvgIpc) is 3.15. The highest BCUT2D eigenvalue weighted by molar-refractivity contribution is 7.16. The van der Waals surface area contributed by atoms with E-state index in [0.717, 1.165) is 66.2 Å². The molecule has 0 unspecified atom stereocenters. The standard InChI is InChI=1S/C16H20N6OS/c1-10-11(2)23-13(18-10)9-21-4-6-22(7-5-21)16-19-14(17)12-3-8-24-15(12)20-16/h3,8H,4-7,9H2,1-2H3,(H2,17,19,20). The fraction of sp³-hybridized carbons (Fsp3) is 0.438. The second-order valence-electron chi connectivity index (χ2n) is 6.06. The van der Waals surface area contributed by atoms with Gasteiger partial charge in [-0.2, -0.15) is 4.98 Å². The third-order valence-corrected chi connectivity index (χ3v) is 5.24. The Morgan fingerprint density at radius 3 is 2.67 bits per heavy atom. The van der Waals surface area contributed by atoms with Gasteiger partial charge in [0.15, 0.2) is 0 Å². The summed E-state index contributed by atoms with van der Waals surface area (Å²) in [5.74, 6) is 2.98. The Morgan fingerprint density at radius 2 is 1.96 bits per heavy atom. The summed E-state index contributed by atoms with van der Waals surface area (Å²) in [4.78, 5) is 19.1. The van der Waals surface area contributed by atoms with Gasteiger partial charge in [0.1, 0.15) is 16.4 Å². The van der Waals surface area contributed by atoms with Crippen molar-refractivity contribution in [3.63, 3.8) is 0 Å². The number of anilines is 2. The van der Waals surface area contributed by atoms with Gasteiger partial charge in [0.05, 0.1) is 17.6 Å². The van der Waals surface area contributed by atoms with Gasteiger partial charge in [0.25, 0.3) is 0 Å². The Labute approximate surface area is 144 Å². The molecule has 0 spiro atoms. The molecule has 4 rings (SSSR count). The van der Waals surface area contributed by atoms with E-state index in [-0.39, 0.29) is 0 Å². The maximum Gasteiger partial charge on any atom is 0.228 e. The smallest absolute Gasteiger partial charge is 0.228 e. The molecule has 1 aliphatic rings. The molecule has 0 atom stereocenters. The second-order valence-corrected chi connectivity index (χ2v) is 6.96. The Hall–Kier alpha value is -2.19. The molecule has 3 aromatic heterocycles. The molecule has 3 aromatic rings. The summed E-state index contributed by atoms with van der Waals surface area (Å²) in [6.07, 6.45) is 0. The van der Waals surface area contributed by atoms with Crippen molar-refractivity contribution in [1.82, 2.24) is 19.9 Å². The number of oxazole rings is 1. The number of rotatable bonds is 3. The van der Waals surface area contributed by atoms with Crippen molar-refractivity contribution in [2.75, 3.05) is 36.8 Å². The average molecular weight is 344 g/mol. The van der Waals surface area contributed by atoms with Crippen LogP contribution in [0.1, 0.15) is 17.3 Å². The minimum absolute atomic E-state index is 0.560. The van der Waals surface area contributed by atoms with Crippen LogP contribution >= 0.6 is 11.3 Å². The maximum atomic E-state index is 6.05. The van der Waals surface area contributed by atoms with E-state index in [4.69, 9.17) is 10.2 Å². The molecule has 1 aliphatic heterocycles. The lowest BCUT2D eigenvalue weighted by Gasteiger charge is -2.34. The topological polar surface area (TPSA) is 84.3 Å². The third kappa shape index (κ3) is 2.83. The van der Waals surface area contributed by atoms with Crippen LogP contribution in [-0.2, 0) is 6.54 Å². The molecule has 0 amide bonds. The van der Waals surface area contributed by atoms with Crippen molar-refractivity contribution >= 4 is 33.3 Å². The van der Waals surface area contributed by atoms with E-state index in [1.807, 2.05) is 25.3 Å². The molecule has 0 aliphatic carbocycles. The SMILES string of the molecule is Cc1nc(CN2CCN(c3nc(N)c4ccsc4n3)CC2)oc1C. The lowest BCUT2D eigenvalue weighted by atomic mass is 10.3. The third-order valence-electron chi connectivity index (χ3n) is 4.43. The molecule has 8 heteroatoms. The summed E-state index contributed by atoms with van der Waals surface area (Å²) in [6.45, 7) is 8.26. The summed E-state index contributed by atoms with van der Waals surface area (Å²) in [6, 6.07) is 1.97. The minimum atomic E-state index is 0.560. The van der Waals surface area contributed by atoms with Crippen LogP contribution in [0.3, 0.4) is 0 Å². The lowest BCUT2D eigenvalue weighted by Crippen LogP contribution is -2.46. The molecule has 1 fully saturated rings. The molecule has 4 heterocycles. The van der Waals surface area contributed by atoms with Crippen molar-refractivity contribution in [1.29, 1.82) is 0 Å². The minimum Gasteiger partial charge on any atom is -0.444 e. The summed E-state index contributed by atoms with van der Waals surface area (Å²) in [7, 11) is 0. The zero-order valence-electron chi connectivity index (χ0n) is 13.8.